The van der Waals surface area contributed by atoms with Crippen molar-refractivity contribution in [3.63, 3.8) is 0 Å². The molecule has 1 saturated heterocycles. The summed E-state index contributed by atoms with van der Waals surface area (Å²) in [6.45, 7) is 2.47. The molecule has 4 rings (SSSR count). The van der Waals surface area contributed by atoms with E-state index in [1.165, 1.54) is 10.6 Å². The Hall–Kier alpha value is -3.79. The summed E-state index contributed by atoms with van der Waals surface area (Å²) in [5, 5.41) is 14.8. The molecule has 9 nitrogen and oxygen atoms in total. The lowest BCUT2D eigenvalue weighted by Crippen LogP contribution is -2.33. The lowest BCUT2D eigenvalue weighted by atomic mass is 10.1. The number of hydrogen-bond acceptors (Lipinski definition) is 6. The number of carbonyl (C=O) groups excluding carboxylic acids is 2. The second-order valence-electron chi connectivity index (χ2n) is 7.63. The summed E-state index contributed by atoms with van der Waals surface area (Å²) in [5.74, 6) is -1.11. The van der Waals surface area contributed by atoms with Gasteiger partial charge in [0.25, 0.3) is 17.4 Å². The van der Waals surface area contributed by atoms with Gasteiger partial charge in [0, 0.05) is 30.5 Å². The lowest BCUT2D eigenvalue weighted by Gasteiger charge is -2.24. The molecule has 2 heterocycles. The minimum atomic E-state index is -0.617. The molecule has 1 unspecified atom stereocenters. The van der Waals surface area contributed by atoms with Gasteiger partial charge in [-0.05, 0) is 47.5 Å². The van der Waals surface area contributed by atoms with E-state index in [2.05, 4.69) is 10.6 Å². The highest BCUT2D eigenvalue weighted by Crippen LogP contribution is 2.21. The van der Waals surface area contributed by atoms with Crippen molar-refractivity contribution in [3.05, 3.63) is 99.5 Å². The number of rotatable bonds is 6. The van der Waals surface area contributed by atoms with Crippen molar-refractivity contribution < 1.29 is 19.5 Å². The van der Waals surface area contributed by atoms with Crippen LogP contribution in [0.25, 0.3) is 0 Å². The van der Waals surface area contributed by atoms with Crippen LogP contribution in [0.5, 0.6) is 0 Å². The van der Waals surface area contributed by atoms with Gasteiger partial charge in [0.15, 0.2) is 0 Å². The fourth-order valence-electron chi connectivity index (χ4n) is 3.62. The van der Waals surface area contributed by atoms with E-state index in [0.29, 0.717) is 17.9 Å². The zero-order valence-corrected chi connectivity index (χ0v) is 17.8. The van der Waals surface area contributed by atoms with Crippen LogP contribution >= 0.6 is 0 Å². The molecular formula is C24H24N4O5. The van der Waals surface area contributed by atoms with Crippen LogP contribution in [0.1, 0.15) is 37.9 Å². The predicted molar refractivity (Wildman–Crippen MR) is 121 cm³/mol. The number of morpholine rings is 1. The molecule has 0 bridgehead atoms. The quantitative estimate of drug-likeness (QED) is 0.338. The third-order valence-electron chi connectivity index (χ3n) is 5.40. The first kappa shape index (κ1) is 22.4. The molecule has 1 atom stereocenters. The molecular weight excluding hydrogens is 424 g/mol. The van der Waals surface area contributed by atoms with E-state index in [9.17, 15) is 14.4 Å². The van der Waals surface area contributed by atoms with E-state index < -0.39 is 17.4 Å². The van der Waals surface area contributed by atoms with E-state index >= 15 is 0 Å². The average molecular weight is 448 g/mol. The first-order chi connectivity index (χ1) is 16.0. The number of amides is 2. The first-order valence-corrected chi connectivity index (χ1v) is 10.5. The number of hydroxylamine groups is 1. The van der Waals surface area contributed by atoms with Gasteiger partial charge in [-0.25, -0.2) is 5.48 Å². The summed E-state index contributed by atoms with van der Waals surface area (Å²) in [5.41, 5.74) is 3.83. The van der Waals surface area contributed by atoms with Gasteiger partial charge in [-0.2, -0.15) is 0 Å². The third-order valence-corrected chi connectivity index (χ3v) is 5.40. The summed E-state index contributed by atoms with van der Waals surface area (Å²) in [6, 6.07) is 16.9. The van der Waals surface area contributed by atoms with Crippen LogP contribution in [-0.4, -0.2) is 41.3 Å². The van der Waals surface area contributed by atoms with Gasteiger partial charge in [0.2, 0.25) is 0 Å². The standard InChI is InChI=1S/C24H24N4O5/c29-22(27-32)18-5-3-16(4-6-18)15-28-12-1-2-20(24(28)31)23(30)26-19-9-7-17(8-10-19)21-14-25-11-13-33-21/h1-10,12,21,25,32H,11,13-15H2,(H,26,30)(H,27,29). The SMILES string of the molecule is O=C(NO)c1ccc(Cn2cccc(C(=O)Nc3ccc(C4CNCCO4)cc3)c2=O)cc1. The lowest BCUT2D eigenvalue weighted by molar-refractivity contribution is 0.0277. The van der Waals surface area contributed by atoms with Crippen molar-refractivity contribution in [2.75, 3.05) is 25.0 Å². The van der Waals surface area contributed by atoms with Gasteiger partial charge in [-0.15, -0.1) is 0 Å². The smallest absolute Gasteiger partial charge is 0.274 e. The normalized spacial score (nSPS) is 15.6. The summed E-state index contributed by atoms with van der Waals surface area (Å²) in [7, 11) is 0. The topological polar surface area (TPSA) is 122 Å². The highest BCUT2D eigenvalue weighted by Gasteiger charge is 2.16. The summed E-state index contributed by atoms with van der Waals surface area (Å²) in [4.78, 5) is 37.1. The van der Waals surface area contributed by atoms with Crippen LogP contribution in [0.3, 0.4) is 0 Å². The van der Waals surface area contributed by atoms with Gasteiger partial charge < -0.3 is 19.9 Å². The van der Waals surface area contributed by atoms with Gasteiger partial charge in [0.05, 0.1) is 19.3 Å². The summed E-state index contributed by atoms with van der Waals surface area (Å²) >= 11 is 0. The van der Waals surface area contributed by atoms with Crippen LogP contribution in [0, 0.1) is 0 Å². The first-order valence-electron chi connectivity index (χ1n) is 10.5. The van der Waals surface area contributed by atoms with Crippen LogP contribution in [-0.2, 0) is 11.3 Å². The molecule has 33 heavy (non-hydrogen) atoms. The average Bonchev–Trinajstić information content (AvgIpc) is 2.86. The molecule has 0 spiro atoms. The molecule has 170 valence electrons. The van der Waals surface area contributed by atoms with E-state index in [4.69, 9.17) is 9.94 Å². The maximum Gasteiger partial charge on any atom is 0.274 e. The van der Waals surface area contributed by atoms with Gasteiger partial charge in [-0.3, -0.25) is 19.6 Å². The third kappa shape index (κ3) is 5.35. The van der Waals surface area contributed by atoms with E-state index in [1.54, 1.807) is 54.1 Å². The summed E-state index contributed by atoms with van der Waals surface area (Å²) < 4.78 is 7.15. The largest absolute Gasteiger partial charge is 0.371 e. The van der Waals surface area contributed by atoms with Crippen LogP contribution in [0.4, 0.5) is 5.69 Å². The Bertz CT molecular complexity index is 1180. The van der Waals surface area contributed by atoms with Crippen molar-refractivity contribution >= 4 is 17.5 Å². The zero-order chi connectivity index (χ0) is 23.2. The van der Waals surface area contributed by atoms with Crippen molar-refractivity contribution in [3.8, 4) is 0 Å². The van der Waals surface area contributed by atoms with Crippen LogP contribution in [0.15, 0.2) is 71.7 Å². The second kappa shape index (κ2) is 10.2. The van der Waals surface area contributed by atoms with E-state index in [1.807, 2.05) is 12.1 Å². The molecule has 0 aliphatic carbocycles. The number of benzene rings is 2. The van der Waals surface area contributed by atoms with E-state index in [-0.39, 0.29) is 18.2 Å². The highest BCUT2D eigenvalue weighted by molar-refractivity contribution is 6.04. The number of nitrogens with one attached hydrogen (secondary N) is 3. The minimum Gasteiger partial charge on any atom is -0.371 e. The predicted octanol–water partition coefficient (Wildman–Crippen LogP) is 1.93. The molecule has 1 aromatic heterocycles. The molecule has 0 radical (unpaired) electrons. The zero-order valence-electron chi connectivity index (χ0n) is 17.8. The Balaban J connectivity index is 1.45. The van der Waals surface area contributed by atoms with Crippen LogP contribution in [0.2, 0.25) is 0 Å². The molecule has 1 fully saturated rings. The molecule has 9 heteroatoms. The molecule has 1 aliphatic rings. The van der Waals surface area contributed by atoms with Crippen molar-refractivity contribution in [2.45, 2.75) is 12.6 Å². The number of ether oxygens (including phenoxy) is 1. The molecule has 3 aromatic rings. The van der Waals surface area contributed by atoms with Crippen molar-refractivity contribution in [1.82, 2.24) is 15.4 Å². The second-order valence-corrected chi connectivity index (χ2v) is 7.63. The molecule has 2 aromatic carbocycles. The Kier molecular flexibility index (Phi) is 6.94. The number of carbonyl (C=O) groups is 2. The molecule has 4 N–H and O–H groups in total. The van der Waals surface area contributed by atoms with Gasteiger partial charge in [0.1, 0.15) is 5.56 Å². The fourth-order valence-corrected chi connectivity index (χ4v) is 3.62. The number of aromatic nitrogens is 1. The van der Waals surface area contributed by atoms with Gasteiger partial charge >= 0.3 is 0 Å². The molecule has 2 amide bonds. The minimum absolute atomic E-state index is 0.0167. The molecule has 0 saturated carbocycles. The number of anilines is 1. The van der Waals surface area contributed by atoms with Crippen molar-refractivity contribution in [2.24, 2.45) is 0 Å². The van der Waals surface area contributed by atoms with Gasteiger partial charge in [-0.1, -0.05) is 24.3 Å². The monoisotopic (exact) mass is 448 g/mol. The molecule has 1 aliphatic heterocycles. The Morgan fingerprint density at radius 3 is 2.48 bits per heavy atom. The fraction of sp³-hybridized carbons (Fsp3) is 0.208. The highest BCUT2D eigenvalue weighted by atomic mass is 16.5. The number of pyridine rings is 1. The number of hydrogen-bond donors (Lipinski definition) is 4. The Labute approximate surface area is 190 Å². The maximum absolute atomic E-state index is 12.9. The van der Waals surface area contributed by atoms with Crippen molar-refractivity contribution in [1.29, 1.82) is 0 Å². The van der Waals surface area contributed by atoms with Crippen LogP contribution < -0.4 is 21.7 Å². The Morgan fingerprint density at radius 1 is 1.06 bits per heavy atom. The van der Waals surface area contributed by atoms with E-state index in [0.717, 1.165) is 24.2 Å². The Morgan fingerprint density at radius 2 is 1.82 bits per heavy atom. The maximum atomic E-state index is 12.9. The number of nitrogens with zero attached hydrogens (tertiary/aromatic N) is 1. The summed E-state index contributed by atoms with van der Waals surface area (Å²) in [6.07, 6.45) is 1.58.